The second-order valence-corrected chi connectivity index (χ2v) is 13.1. The maximum atomic E-state index is 13.8. The molecule has 4 aliphatic rings. The molecule has 1 aromatic heterocycles. The van der Waals surface area contributed by atoms with Crippen LogP contribution < -0.4 is 0 Å². The molecule has 1 saturated carbocycles. The molecule has 0 spiro atoms. The third-order valence-corrected chi connectivity index (χ3v) is 11.4. The van der Waals surface area contributed by atoms with Crippen molar-refractivity contribution < 1.29 is 24.3 Å². The first-order valence-corrected chi connectivity index (χ1v) is 15.0. The van der Waals surface area contributed by atoms with Crippen molar-refractivity contribution in [2.45, 2.75) is 42.0 Å². The summed E-state index contributed by atoms with van der Waals surface area (Å²) in [5.74, 6) is -4.84. The van der Waals surface area contributed by atoms with Gasteiger partial charge in [-0.25, -0.2) is 0 Å². The number of amides is 4. The average molecular weight is 638 g/mol. The summed E-state index contributed by atoms with van der Waals surface area (Å²) in [6, 6.07) is 8.89. The van der Waals surface area contributed by atoms with Gasteiger partial charge in [-0.2, -0.15) is 0 Å². The average Bonchev–Trinajstić information content (AvgIpc) is 3.53. The number of fused-ring (bicyclic) bond motifs is 4. The van der Waals surface area contributed by atoms with E-state index in [1.54, 1.807) is 25.1 Å². The highest BCUT2D eigenvalue weighted by Crippen LogP contribution is 2.66. The van der Waals surface area contributed by atoms with E-state index in [9.17, 15) is 24.3 Å². The molecule has 6 atom stereocenters. The second kappa shape index (κ2) is 8.91. The van der Waals surface area contributed by atoms with Gasteiger partial charge in [0.15, 0.2) is 9.75 Å². The molecule has 4 amide bonds. The fraction of sp³-hybridized carbons (Fsp3) is 0.407. The summed E-state index contributed by atoms with van der Waals surface area (Å²) in [5, 5.41) is 13.0. The minimum atomic E-state index is -1.93. The molecule has 3 fully saturated rings. The number of phenols is 1. The molecule has 11 heteroatoms. The zero-order valence-electron chi connectivity index (χ0n) is 20.2. The van der Waals surface area contributed by atoms with Crippen molar-refractivity contribution in [1.29, 1.82) is 0 Å². The molecule has 0 radical (unpaired) electrons. The number of benzene rings is 1. The van der Waals surface area contributed by atoms with Gasteiger partial charge in [-0.15, -0.1) is 34.5 Å². The third-order valence-electron chi connectivity index (χ3n) is 8.58. The van der Waals surface area contributed by atoms with E-state index in [1.165, 1.54) is 16.2 Å². The van der Waals surface area contributed by atoms with E-state index in [2.05, 4.69) is 15.9 Å². The highest BCUT2D eigenvalue weighted by Gasteiger charge is 2.76. The Kier molecular flexibility index (Phi) is 6.11. The molecule has 7 nitrogen and oxygen atoms in total. The van der Waals surface area contributed by atoms with E-state index in [-0.39, 0.29) is 42.4 Å². The van der Waals surface area contributed by atoms with Crippen LogP contribution in [0.5, 0.6) is 5.75 Å². The first kappa shape index (κ1) is 26.0. The summed E-state index contributed by atoms with van der Waals surface area (Å²) in [5.41, 5.74) is 1.50. The van der Waals surface area contributed by atoms with E-state index in [0.717, 1.165) is 9.78 Å². The van der Waals surface area contributed by atoms with Crippen LogP contribution in [0, 0.1) is 24.7 Å². The Morgan fingerprint density at radius 3 is 2.50 bits per heavy atom. The van der Waals surface area contributed by atoms with Crippen LogP contribution in [0.3, 0.4) is 0 Å². The predicted molar refractivity (Wildman–Crippen MR) is 146 cm³/mol. The number of alkyl halides is 3. The smallest absolute Gasteiger partial charge is 0.254 e. The molecule has 0 unspecified atom stereocenters. The molecule has 2 aliphatic heterocycles. The van der Waals surface area contributed by atoms with Crippen LogP contribution in [0.1, 0.15) is 34.8 Å². The van der Waals surface area contributed by atoms with Crippen LogP contribution in [0.15, 0.2) is 47.4 Å². The van der Waals surface area contributed by atoms with Gasteiger partial charge in [-0.1, -0.05) is 51.8 Å². The number of rotatable bonds is 4. The minimum Gasteiger partial charge on any atom is -0.507 e. The van der Waals surface area contributed by atoms with Gasteiger partial charge in [0.1, 0.15) is 5.75 Å². The Bertz CT molecular complexity index is 1430. The quantitative estimate of drug-likeness (QED) is 0.228. The Hall–Kier alpha value is -2.20. The van der Waals surface area contributed by atoms with Gasteiger partial charge < -0.3 is 5.11 Å². The molecule has 38 heavy (non-hydrogen) atoms. The van der Waals surface area contributed by atoms with Gasteiger partial charge in [-0.3, -0.25) is 29.0 Å². The number of aryl methyl sites for hydroxylation is 1. The molecule has 2 aliphatic carbocycles. The lowest BCUT2D eigenvalue weighted by Gasteiger charge is -2.50. The molecule has 3 heterocycles. The van der Waals surface area contributed by atoms with Crippen LogP contribution >= 0.6 is 50.5 Å². The zero-order valence-corrected chi connectivity index (χ0v) is 24.1. The fourth-order valence-corrected chi connectivity index (χ4v) is 8.90. The lowest BCUT2D eigenvalue weighted by Crippen LogP contribution is -2.60. The first-order valence-electron chi connectivity index (χ1n) is 12.2. The van der Waals surface area contributed by atoms with Crippen LogP contribution in [0.25, 0.3) is 0 Å². The van der Waals surface area contributed by atoms with E-state index in [4.69, 9.17) is 23.2 Å². The summed E-state index contributed by atoms with van der Waals surface area (Å²) in [4.78, 5) is 54.0. The van der Waals surface area contributed by atoms with Crippen molar-refractivity contribution in [3.8, 4) is 5.75 Å². The second-order valence-electron chi connectivity index (χ2n) is 10.3. The molecular formula is C27H23BrCl2N2O5S. The Morgan fingerprint density at radius 1 is 1.05 bits per heavy atom. The maximum Gasteiger partial charge on any atom is 0.254 e. The summed E-state index contributed by atoms with van der Waals surface area (Å²) in [6.07, 6.45) is 2.08. The molecule has 6 rings (SSSR count). The largest absolute Gasteiger partial charge is 0.507 e. The number of hydrogen-bond donors (Lipinski definition) is 1. The number of para-hydroxylation sites is 1. The minimum absolute atomic E-state index is 0.0501. The summed E-state index contributed by atoms with van der Waals surface area (Å²) >= 11 is 19.0. The lowest BCUT2D eigenvalue weighted by atomic mass is 9.56. The van der Waals surface area contributed by atoms with E-state index in [0.29, 0.717) is 16.7 Å². The first-order chi connectivity index (χ1) is 18.1. The zero-order chi connectivity index (χ0) is 27.1. The molecule has 2 aromatic rings. The maximum absolute atomic E-state index is 13.8. The lowest BCUT2D eigenvalue weighted by molar-refractivity contribution is -0.141. The van der Waals surface area contributed by atoms with Crippen molar-refractivity contribution in [1.82, 2.24) is 9.80 Å². The van der Waals surface area contributed by atoms with Crippen molar-refractivity contribution >= 4 is 74.1 Å². The number of thiophene rings is 1. The third kappa shape index (κ3) is 3.25. The molecule has 2 saturated heterocycles. The van der Waals surface area contributed by atoms with Crippen LogP contribution in [0.4, 0.5) is 0 Å². The topological polar surface area (TPSA) is 95.0 Å². The van der Waals surface area contributed by atoms with Gasteiger partial charge in [0.2, 0.25) is 11.8 Å². The SMILES string of the molecule is Cc1cccc([C@H]2C3=CC[C@@H]4C(=O)N(Cc5cccs5)C(=O)[C@@H]4[C@@H]3C[C@@]3(Cl)C(=O)N(CBr)C(=O)[C@@]23Cl)c1O. The molecule has 1 aromatic carbocycles. The fourth-order valence-electron chi connectivity index (χ4n) is 6.79. The monoisotopic (exact) mass is 636 g/mol. The highest BCUT2D eigenvalue weighted by atomic mass is 79.9. The Morgan fingerprint density at radius 2 is 1.82 bits per heavy atom. The summed E-state index contributed by atoms with van der Waals surface area (Å²) in [7, 11) is 0. The number of imide groups is 2. The van der Waals surface area contributed by atoms with Crippen molar-refractivity contribution in [3.05, 3.63) is 63.4 Å². The van der Waals surface area contributed by atoms with E-state index in [1.807, 2.05) is 23.6 Å². The number of carbonyl (C=O) groups excluding carboxylic acids is 4. The molecular weight excluding hydrogens is 615 g/mol. The van der Waals surface area contributed by atoms with Gasteiger partial charge in [0.05, 0.1) is 23.8 Å². The number of phenolic OH excluding ortho intramolecular Hbond substituents is 1. The number of carbonyl (C=O) groups is 4. The Balaban J connectivity index is 1.51. The van der Waals surface area contributed by atoms with Gasteiger partial charge in [0.25, 0.3) is 11.8 Å². The Labute approximate surface area is 241 Å². The van der Waals surface area contributed by atoms with E-state index >= 15 is 0 Å². The van der Waals surface area contributed by atoms with Gasteiger partial charge >= 0.3 is 0 Å². The number of allylic oxidation sites excluding steroid dienone is 2. The molecule has 198 valence electrons. The standard InChI is InChI=1S/C27H23BrCl2N2O5S/c1-13-4-2-6-17(21(13)33)20-15-7-8-16-19(23(35)31(22(16)34)11-14-5-3-9-38-14)18(15)10-26(29)24(36)32(12-28)25(37)27(20,26)30/h2-7,9,16,18-20,33H,8,10-12H2,1H3/t16-,18+,19-,20+,26+,27-/m0/s1. The van der Waals surface area contributed by atoms with Crippen LogP contribution in [-0.4, -0.2) is 53.7 Å². The number of likely N-dealkylation sites (tertiary alicyclic amines) is 2. The normalized spacial score (nSPS) is 34.4. The number of aromatic hydroxyl groups is 1. The predicted octanol–water partition coefficient (Wildman–Crippen LogP) is 4.67. The van der Waals surface area contributed by atoms with Crippen molar-refractivity contribution in [2.24, 2.45) is 17.8 Å². The van der Waals surface area contributed by atoms with E-state index < -0.39 is 45.2 Å². The van der Waals surface area contributed by atoms with Crippen molar-refractivity contribution in [2.75, 3.05) is 5.45 Å². The number of halogens is 3. The summed E-state index contributed by atoms with van der Waals surface area (Å²) in [6.45, 7) is 1.92. The number of hydrogen-bond acceptors (Lipinski definition) is 6. The summed E-state index contributed by atoms with van der Waals surface area (Å²) < 4.78 is 0. The molecule has 0 bridgehead atoms. The molecule has 1 N–H and O–H groups in total. The van der Waals surface area contributed by atoms with Gasteiger partial charge in [-0.05, 0) is 42.7 Å². The van der Waals surface area contributed by atoms with Crippen LogP contribution in [0.2, 0.25) is 0 Å². The van der Waals surface area contributed by atoms with Crippen LogP contribution in [-0.2, 0) is 25.7 Å². The van der Waals surface area contributed by atoms with Crippen molar-refractivity contribution in [3.63, 3.8) is 0 Å². The van der Waals surface area contributed by atoms with Gasteiger partial charge in [0, 0.05) is 16.4 Å². The highest BCUT2D eigenvalue weighted by molar-refractivity contribution is 9.09. The number of nitrogens with zero attached hydrogens (tertiary/aromatic N) is 2.